The van der Waals surface area contributed by atoms with Gasteiger partial charge in [-0.25, -0.2) is 0 Å². The summed E-state index contributed by atoms with van der Waals surface area (Å²) in [7, 11) is 0. The molecule has 3 nitrogen and oxygen atoms in total. The van der Waals surface area contributed by atoms with Crippen LogP contribution in [0.15, 0.2) is 42.5 Å². The molecule has 0 spiro atoms. The van der Waals surface area contributed by atoms with E-state index in [9.17, 15) is 0 Å². The second-order valence-corrected chi connectivity index (χ2v) is 4.84. The Kier molecular flexibility index (Phi) is 5.13. The van der Waals surface area contributed by atoms with Crippen molar-refractivity contribution in [2.45, 2.75) is 20.0 Å². The van der Waals surface area contributed by atoms with Crippen LogP contribution in [0.1, 0.15) is 18.9 Å². The lowest BCUT2D eigenvalue weighted by Gasteiger charge is -2.13. The molecule has 0 aliphatic heterocycles. The average Bonchev–Trinajstić information content (AvgIpc) is 2.45. The Morgan fingerprint density at radius 3 is 2.40 bits per heavy atom. The lowest BCUT2D eigenvalue weighted by atomic mass is 10.2. The van der Waals surface area contributed by atoms with E-state index in [0.29, 0.717) is 29.7 Å². The first-order valence-electron chi connectivity index (χ1n) is 6.59. The van der Waals surface area contributed by atoms with E-state index in [1.165, 1.54) is 0 Å². The van der Waals surface area contributed by atoms with Crippen LogP contribution in [0, 0.1) is 0 Å². The van der Waals surface area contributed by atoms with Gasteiger partial charge in [-0.3, -0.25) is 0 Å². The van der Waals surface area contributed by atoms with Crippen molar-refractivity contribution in [2.75, 3.05) is 12.3 Å². The Bertz CT molecular complexity index is 572. The van der Waals surface area contributed by atoms with Gasteiger partial charge in [0.1, 0.15) is 6.61 Å². The summed E-state index contributed by atoms with van der Waals surface area (Å²) in [4.78, 5) is 0. The highest BCUT2D eigenvalue weighted by Crippen LogP contribution is 2.28. The summed E-state index contributed by atoms with van der Waals surface area (Å²) in [5.41, 5.74) is 7.21. The second-order valence-electron chi connectivity index (χ2n) is 4.43. The predicted octanol–water partition coefficient (Wildman–Crippen LogP) is 4.29. The summed E-state index contributed by atoms with van der Waals surface area (Å²) in [5, 5.41) is 0.608. The molecule has 0 radical (unpaired) electrons. The molecule has 0 aromatic heterocycles. The zero-order chi connectivity index (χ0) is 14.4. The number of halogens is 1. The van der Waals surface area contributed by atoms with Gasteiger partial charge in [0.15, 0.2) is 11.5 Å². The SMILES string of the molecule is CCCOc1ccccc1OCc1ccc(N)cc1Cl. The average molecular weight is 292 g/mol. The van der Waals surface area contributed by atoms with Gasteiger partial charge in [0.25, 0.3) is 0 Å². The van der Waals surface area contributed by atoms with Gasteiger partial charge >= 0.3 is 0 Å². The minimum absolute atomic E-state index is 0.381. The van der Waals surface area contributed by atoms with E-state index >= 15 is 0 Å². The summed E-state index contributed by atoms with van der Waals surface area (Å²) in [5.74, 6) is 1.47. The molecule has 0 heterocycles. The third-order valence-corrected chi connectivity index (χ3v) is 3.12. The van der Waals surface area contributed by atoms with Crippen LogP contribution in [-0.2, 0) is 6.61 Å². The number of hydrogen-bond donors (Lipinski definition) is 1. The number of benzene rings is 2. The van der Waals surface area contributed by atoms with Crippen molar-refractivity contribution in [3.05, 3.63) is 53.1 Å². The Labute approximate surface area is 124 Å². The second kappa shape index (κ2) is 7.06. The highest BCUT2D eigenvalue weighted by molar-refractivity contribution is 6.31. The molecule has 0 amide bonds. The molecule has 0 fully saturated rings. The van der Waals surface area contributed by atoms with E-state index in [0.717, 1.165) is 17.7 Å². The molecule has 2 N–H and O–H groups in total. The maximum absolute atomic E-state index is 6.13. The first kappa shape index (κ1) is 14.5. The Hall–Kier alpha value is -1.87. The molecule has 106 valence electrons. The van der Waals surface area contributed by atoms with Gasteiger partial charge in [-0.05, 0) is 30.7 Å². The van der Waals surface area contributed by atoms with Crippen molar-refractivity contribution < 1.29 is 9.47 Å². The van der Waals surface area contributed by atoms with Crippen molar-refractivity contribution >= 4 is 17.3 Å². The van der Waals surface area contributed by atoms with E-state index in [4.69, 9.17) is 26.8 Å². The zero-order valence-electron chi connectivity index (χ0n) is 11.4. The molecular formula is C16H18ClNO2. The Morgan fingerprint density at radius 1 is 1.05 bits per heavy atom. The third-order valence-electron chi connectivity index (χ3n) is 2.77. The van der Waals surface area contributed by atoms with Crippen LogP contribution in [-0.4, -0.2) is 6.61 Å². The Morgan fingerprint density at radius 2 is 1.75 bits per heavy atom. The van der Waals surface area contributed by atoms with Crippen molar-refractivity contribution in [3.8, 4) is 11.5 Å². The molecule has 0 bridgehead atoms. The molecule has 0 saturated carbocycles. The first-order valence-corrected chi connectivity index (χ1v) is 6.97. The monoisotopic (exact) mass is 291 g/mol. The molecule has 4 heteroatoms. The fraction of sp³-hybridized carbons (Fsp3) is 0.250. The van der Waals surface area contributed by atoms with Gasteiger partial charge in [-0.15, -0.1) is 0 Å². The van der Waals surface area contributed by atoms with Gasteiger partial charge in [0.2, 0.25) is 0 Å². The van der Waals surface area contributed by atoms with Crippen molar-refractivity contribution in [1.29, 1.82) is 0 Å². The highest BCUT2D eigenvalue weighted by Gasteiger charge is 2.06. The predicted molar refractivity (Wildman–Crippen MR) is 82.4 cm³/mol. The smallest absolute Gasteiger partial charge is 0.161 e. The van der Waals surface area contributed by atoms with E-state index in [1.807, 2.05) is 36.4 Å². The molecule has 0 atom stereocenters. The molecule has 0 aliphatic rings. The Balaban J connectivity index is 2.06. The highest BCUT2D eigenvalue weighted by atomic mass is 35.5. The van der Waals surface area contributed by atoms with Gasteiger partial charge in [-0.2, -0.15) is 0 Å². The molecule has 0 unspecified atom stereocenters. The van der Waals surface area contributed by atoms with E-state index in [-0.39, 0.29) is 0 Å². The zero-order valence-corrected chi connectivity index (χ0v) is 12.2. The van der Waals surface area contributed by atoms with Crippen molar-refractivity contribution in [3.63, 3.8) is 0 Å². The van der Waals surface area contributed by atoms with Crippen LogP contribution in [0.5, 0.6) is 11.5 Å². The lowest BCUT2D eigenvalue weighted by molar-refractivity contribution is 0.262. The van der Waals surface area contributed by atoms with Gasteiger partial charge < -0.3 is 15.2 Å². The van der Waals surface area contributed by atoms with Crippen LogP contribution in [0.4, 0.5) is 5.69 Å². The minimum Gasteiger partial charge on any atom is -0.490 e. The standard InChI is InChI=1S/C16H18ClNO2/c1-2-9-19-15-5-3-4-6-16(15)20-11-12-7-8-13(18)10-14(12)17/h3-8,10H,2,9,11,18H2,1H3. The molecule has 2 aromatic rings. The quantitative estimate of drug-likeness (QED) is 0.808. The van der Waals surface area contributed by atoms with Gasteiger partial charge in [-0.1, -0.05) is 36.7 Å². The molecule has 2 aromatic carbocycles. The number of nitrogen functional groups attached to an aromatic ring is 1. The first-order chi connectivity index (χ1) is 9.70. The van der Waals surface area contributed by atoms with Crippen molar-refractivity contribution in [2.24, 2.45) is 0 Å². The molecule has 0 aliphatic carbocycles. The van der Waals surface area contributed by atoms with Crippen LogP contribution in [0.2, 0.25) is 5.02 Å². The third kappa shape index (κ3) is 3.81. The van der Waals surface area contributed by atoms with Crippen molar-refractivity contribution in [1.82, 2.24) is 0 Å². The molecule has 2 rings (SSSR count). The van der Waals surface area contributed by atoms with Gasteiger partial charge in [0.05, 0.1) is 6.61 Å². The topological polar surface area (TPSA) is 44.5 Å². The number of nitrogens with two attached hydrogens (primary N) is 1. The fourth-order valence-corrected chi connectivity index (χ4v) is 1.98. The normalized spacial score (nSPS) is 10.3. The summed E-state index contributed by atoms with van der Waals surface area (Å²) < 4.78 is 11.4. The summed E-state index contributed by atoms with van der Waals surface area (Å²) >= 11 is 6.13. The van der Waals surface area contributed by atoms with Gasteiger partial charge in [0, 0.05) is 16.3 Å². The maximum Gasteiger partial charge on any atom is 0.161 e. The van der Waals surface area contributed by atoms with Crippen LogP contribution in [0.25, 0.3) is 0 Å². The van der Waals surface area contributed by atoms with Crippen LogP contribution >= 0.6 is 11.6 Å². The minimum atomic E-state index is 0.381. The number of rotatable bonds is 6. The molecule has 0 saturated heterocycles. The number of hydrogen-bond acceptors (Lipinski definition) is 3. The number of para-hydroxylation sites is 2. The molecule has 20 heavy (non-hydrogen) atoms. The number of anilines is 1. The lowest BCUT2D eigenvalue weighted by Crippen LogP contribution is -2.01. The van der Waals surface area contributed by atoms with E-state index in [1.54, 1.807) is 6.07 Å². The summed E-state index contributed by atoms with van der Waals surface area (Å²) in [6, 6.07) is 13.0. The fourth-order valence-electron chi connectivity index (χ4n) is 1.74. The summed E-state index contributed by atoms with van der Waals surface area (Å²) in [6.45, 7) is 3.12. The van der Waals surface area contributed by atoms with E-state index < -0.39 is 0 Å². The van der Waals surface area contributed by atoms with Crippen LogP contribution in [0.3, 0.4) is 0 Å². The molecular weight excluding hydrogens is 274 g/mol. The largest absolute Gasteiger partial charge is 0.490 e. The number of ether oxygens (including phenoxy) is 2. The van der Waals surface area contributed by atoms with Crippen LogP contribution < -0.4 is 15.2 Å². The maximum atomic E-state index is 6.13. The summed E-state index contributed by atoms with van der Waals surface area (Å²) in [6.07, 6.45) is 0.956. The van der Waals surface area contributed by atoms with E-state index in [2.05, 4.69) is 6.92 Å².